The molecule has 0 bridgehead atoms. The van der Waals surface area contributed by atoms with Crippen molar-refractivity contribution in [2.45, 2.75) is 38.8 Å². The van der Waals surface area contributed by atoms with E-state index >= 15 is 0 Å². The van der Waals surface area contributed by atoms with Gasteiger partial charge in [0.1, 0.15) is 11.7 Å². The fourth-order valence-electron chi connectivity index (χ4n) is 7.61. The van der Waals surface area contributed by atoms with E-state index in [4.69, 9.17) is 9.47 Å². The van der Waals surface area contributed by atoms with Crippen molar-refractivity contribution in [2.75, 3.05) is 32.6 Å². The summed E-state index contributed by atoms with van der Waals surface area (Å²) in [6.07, 6.45) is 4.14. The highest BCUT2D eigenvalue weighted by Gasteiger charge is 2.40. The molecular formula is C47H43N9O7. The molecule has 1 fully saturated rings. The van der Waals surface area contributed by atoms with Crippen molar-refractivity contribution in [1.82, 2.24) is 30.8 Å². The van der Waals surface area contributed by atoms with Gasteiger partial charge in [0.2, 0.25) is 11.8 Å². The summed E-state index contributed by atoms with van der Waals surface area (Å²) >= 11 is 0. The van der Waals surface area contributed by atoms with E-state index in [2.05, 4.69) is 41.5 Å². The van der Waals surface area contributed by atoms with E-state index in [1.807, 2.05) is 61.5 Å². The lowest BCUT2D eigenvalue weighted by Gasteiger charge is -2.29. The molecule has 8 rings (SSSR count). The first kappa shape index (κ1) is 41.7. The maximum atomic E-state index is 13.2. The highest BCUT2D eigenvalue weighted by molar-refractivity contribution is 6.09. The molecular weight excluding hydrogens is 803 g/mol. The largest absolute Gasteiger partial charge is 0.493 e. The lowest BCUT2D eigenvalue weighted by molar-refractivity contribution is -0.136. The van der Waals surface area contributed by atoms with Gasteiger partial charge in [0.15, 0.2) is 11.5 Å². The van der Waals surface area contributed by atoms with E-state index in [1.54, 1.807) is 55.8 Å². The summed E-state index contributed by atoms with van der Waals surface area (Å²) in [6.45, 7) is 2.67. The zero-order chi connectivity index (χ0) is 44.0. The molecule has 0 radical (unpaired) electrons. The maximum Gasteiger partial charge on any atom is 0.269 e. The van der Waals surface area contributed by atoms with Gasteiger partial charge in [-0.2, -0.15) is 10.2 Å². The van der Waals surface area contributed by atoms with Crippen LogP contribution in [0.25, 0.3) is 22.0 Å². The summed E-state index contributed by atoms with van der Waals surface area (Å²) in [5, 5.41) is 21.0. The predicted molar refractivity (Wildman–Crippen MR) is 235 cm³/mol. The van der Waals surface area contributed by atoms with Crippen LogP contribution in [0.4, 0.5) is 22.7 Å². The molecule has 1 saturated heterocycles. The number of carbonyl (C=O) groups excluding carboxylic acids is 5. The zero-order valence-electron chi connectivity index (χ0n) is 34.7. The minimum atomic E-state index is -0.730. The Morgan fingerprint density at radius 2 is 1.73 bits per heavy atom. The van der Waals surface area contributed by atoms with Gasteiger partial charge in [-0.1, -0.05) is 36.4 Å². The molecule has 0 spiro atoms. The van der Waals surface area contributed by atoms with Gasteiger partial charge in [0, 0.05) is 72.8 Å². The SMILES string of the molecule is CNC(=O)c1cnc2ccc(-c3ccc(C(=O)NCCCOc4c(C)cc(N=Nc5cccc6c5CN(C5CCC(=O)NC5=O)C6=O)cc4OC)nc3)cc2c1Nc1ccccc1. The van der Waals surface area contributed by atoms with E-state index in [-0.39, 0.29) is 55.3 Å². The second-order valence-corrected chi connectivity index (χ2v) is 14.9. The number of benzene rings is 4. The number of amides is 5. The highest BCUT2D eigenvalue weighted by Crippen LogP contribution is 2.38. The molecule has 16 heteroatoms. The number of fused-ring (bicyclic) bond motifs is 2. The average molecular weight is 846 g/mol. The molecule has 6 aromatic rings. The van der Waals surface area contributed by atoms with Crippen molar-refractivity contribution in [1.29, 1.82) is 0 Å². The lowest BCUT2D eigenvalue weighted by atomic mass is 10.0. The number of ether oxygens (including phenoxy) is 2. The van der Waals surface area contributed by atoms with Gasteiger partial charge < -0.3 is 30.3 Å². The Kier molecular flexibility index (Phi) is 12.1. The summed E-state index contributed by atoms with van der Waals surface area (Å²) in [6, 6.07) is 26.8. The summed E-state index contributed by atoms with van der Waals surface area (Å²) in [5.41, 5.74) is 7.31. The molecule has 0 aliphatic carbocycles. The van der Waals surface area contributed by atoms with Crippen molar-refractivity contribution < 1.29 is 33.4 Å². The maximum absolute atomic E-state index is 13.2. The van der Waals surface area contributed by atoms with Crippen LogP contribution in [0.5, 0.6) is 11.5 Å². The Hall–Kier alpha value is -8.01. The first-order valence-corrected chi connectivity index (χ1v) is 20.3. The normalized spacial score (nSPS) is 14.7. The molecule has 1 unspecified atom stereocenters. The zero-order valence-corrected chi connectivity index (χ0v) is 34.7. The highest BCUT2D eigenvalue weighted by atomic mass is 16.5. The van der Waals surface area contributed by atoms with Gasteiger partial charge in [-0.05, 0) is 79.4 Å². The Morgan fingerprint density at radius 3 is 2.49 bits per heavy atom. The lowest BCUT2D eigenvalue weighted by Crippen LogP contribution is -2.52. The molecule has 4 aromatic carbocycles. The first-order valence-electron chi connectivity index (χ1n) is 20.3. The Morgan fingerprint density at radius 1 is 0.905 bits per heavy atom. The van der Waals surface area contributed by atoms with Crippen molar-refractivity contribution in [2.24, 2.45) is 10.2 Å². The van der Waals surface area contributed by atoms with Gasteiger partial charge >= 0.3 is 0 Å². The number of methoxy groups -OCH3 is 1. The Bertz CT molecular complexity index is 2800. The number of carbonyl (C=O) groups is 5. The minimum absolute atomic E-state index is 0.170. The number of azo groups is 1. The topological polar surface area (TPSA) is 206 Å². The number of anilines is 2. The summed E-state index contributed by atoms with van der Waals surface area (Å²) in [4.78, 5) is 73.7. The third kappa shape index (κ3) is 8.91. The molecule has 4 heterocycles. The molecule has 5 amide bonds. The average Bonchev–Trinajstić information content (AvgIpc) is 3.64. The number of nitrogens with one attached hydrogen (secondary N) is 4. The molecule has 318 valence electrons. The fraction of sp³-hybridized carbons (Fsp3) is 0.213. The molecule has 2 aliphatic rings. The molecule has 2 aromatic heterocycles. The standard InChI is InChI=1S/C47H43N9O7/c1-27-21-31(54-55-37-12-7-11-32-35(37)26-56(47(32)61)39-17-18-41(57)53-46(39)60)23-40(62-3)43(27)63-20-8-19-49-45(59)38-16-14-29(24-50-38)28-13-15-36-33(22-28)42(34(25-51-36)44(58)48-2)52-30-9-5-4-6-10-30/h4-7,9-16,21-25,39H,8,17-20,26H2,1-3H3,(H,48,58)(H,49,59)(H,51,52)(H,53,57,60). The fourth-order valence-corrected chi connectivity index (χ4v) is 7.61. The number of pyridine rings is 2. The number of imide groups is 1. The summed E-state index contributed by atoms with van der Waals surface area (Å²) in [7, 11) is 3.11. The van der Waals surface area contributed by atoms with Crippen molar-refractivity contribution in [3.63, 3.8) is 0 Å². The third-order valence-electron chi connectivity index (χ3n) is 10.8. The van der Waals surface area contributed by atoms with E-state index in [0.717, 1.165) is 27.8 Å². The van der Waals surface area contributed by atoms with E-state index in [9.17, 15) is 24.0 Å². The number of aromatic nitrogens is 2. The molecule has 2 aliphatic heterocycles. The van der Waals surface area contributed by atoms with Crippen LogP contribution in [0, 0.1) is 6.92 Å². The summed E-state index contributed by atoms with van der Waals surface area (Å²) < 4.78 is 11.7. The van der Waals surface area contributed by atoms with Gasteiger partial charge in [0.05, 0.1) is 41.9 Å². The van der Waals surface area contributed by atoms with Crippen molar-refractivity contribution in [3.05, 3.63) is 131 Å². The van der Waals surface area contributed by atoms with Crippen molar-refractivity contribution >= 4 is 63.2 Å². The van der Waals surface area contributed by atoms with Crippen LogP contribution in [0.2, 0.25) is 0 Å². The predicted octanol–water partition coefficient (Wildman–Crippen LogP) is 7.09. The molecule has 0 saturated carbocycles. The minimum Gasteiger partial charge on any atom is -0.493 e. The molecule has 4 N–H and O–H groups in total. The second kappa shape index (κ2) is 18.3. The van der Waals surface area contributed by atoms with Gasteiger partial charge in [0.25, 0.3) is 17.7 Å². The second-order valence-electron chi connectivity index (χ2n) is 14.9. The number of hydrogen-bond donors (Lipinski definition) is 4. The number of nitrogens with zero attached hydrogens (tertiary/aromatic N) is 5. The van der Waals surface area contributed by atoms with Crippen molar-refractivity contribution in [3.8, 4) is 22.6 Å². The Balaban J connectivity index is 0.867. The number of piperidine rings is 1. The van der Waals surface area contributed by atoms with Crippen LogP contribution >= 0.6 is 0 Å². The smallest absolute Gasteiger partial charge is 0.269 e. The molecule has 1 atom stereocenters. The third-order valence-corrected chi connectivity index (χ3v) is 10.8. The van der Waals surface area contributed by atoms with Gasteiger partial charge in [-0.25, -0.2) is 0 Å². The van der Waals surface area contributed by atoms with E-state index < -0.39 is 11.9 Å². The number of para-hydroxylation sites is 1. The van der Waals surface area contributed by atoms with Crippen LogP contribution < -0.4 is 30.7 Å². The van der Waals surface area contributed by atoms with Gasteiger partial charge in [-0.3, -0.25) is 39.3 Å². The van der Waals surface area contributed by atoms with Crippen LogP contribution in [-0.4, -0.2) is 77.8 Å². The molecule has 16 nitrogen and oxygen atoms in total. The van der Waals surface area contributed by atoms with Gasteiger partial charge in [-0.15, -0.1) is 0 Å². The van der Waals surface area contributed by atoms with Crippen LogP contribution in [0.3, 0.4) is 0 Å². The summed E-state index contributed by atoms with van der Waals surface area (Å²) in [5.74, 6) is -0.715. The van der Waals surface area contributed by atoms with Crippen LogP contribution in [0.1, 0.15) is 61.6 Å². The molecule has 63 heavy (non-hydrogen) atoms. The van der Waals surface area contributed by atoms with Crippen LogP contribution in [-0.2, 0) is 16.1 Å². The van der Waals surface area contributed by atoms with E-state index in [1.165, 1.54) is 12.0 Å². The first-order chi connectivity index (χ1) is 30.6. The van der Waals surface area contributed by atoms with E-state index in [0.29, 0.717) is 63.7 Å². The monoisotopic (exact) mass is 845 g/mol. The number of rotatable bonds is 14. The number of hydrogen-bond acceptors (Lipinski definition) is 12. The quantitative estimate of drug-likeness (QED) is 0.0498. The number of aryl methyl sites for hydroxylation is 1. The van der Waals surface area contributed by atoms with Crippen LogP contribution in [0.15, 0.2) is 114 Å². The Labute approximate surface area is 362 Å².